The number of aromatic nitrogens is 4. The van der Waals surface area contributed by atoms with E-state index < -0.39 is 0 Å². The number of hydrogen-bond acceptors (Lipinski definition) is 3. The molecule has 152 valence electrons. The zero-order valence-corrected chi connectivity index (χ0v) is 17.2. The van der Waals surface area contributed by atoms with Gasteiger partial charge in [0.05, 0.1) is 25.7 Å². The second-order valence-electron chi connectivity index (χ2n) is 7.51. The second kappa shape index (κ2) is 8.79. The Morgan fingerprint density at radius 1 is 0.581 bits per heavy atom. The van der Waals surface area contributed by atoms with E-state index >= 15 is 0 Å². The number of fused-ring (bicyclic) bond motifs is 1. The van der Waals surface area contributed by atoms with Crippen LogP contribution in [0, 0.1) is 0 Å². The van der Waals surface area contributed by atoms with Crippen LogP contribution in [0.5, 0.6) is 0 Å². The molecule has 0 aliphatic rings. The molecule has 0 saturated heterocycles. The summed E-state index contributed by atoms with van der Waals surface area (Å²) >= 11 is 0. The zero-order valence-electron chi connectivity index (χ0n) is 17.2. The summed E-state index contributed by atoms with van der Waals surface area (Å²) in [6.45, 7) is 2.02. The molecule has 0 N–H and O–H groups in total. The molecule has 0 spiro atoms. The van der Waals surface area contributed by atoms with Gasteiger partial charge in [-0.2, -0.15) is 0 Å². The predicted molar refractivity (Wildman–Crippen MR) is 122 cm³/mol. The van der Waals surface area contributed by atoms with Crippen molar-refractivity contribution in [3.05, 3.63) is 126 Å². The monoisotopic (exact) mass is 405 g/mol. The first-order chi connectivity index (χ1) is 15.4. The molecule has 3 aromatic carbocycles. The average Bonchev–Trinajstić information content (AvgIpc) is 3.25. The molecule has 5 aromatic rings. The third-order valence-corrected chi connectivity index (χ3v) is 5.27. The van der Waals surface area contributed by atoms with Crippen LogP contribution in [-0.4, -0.2) is 19.1 Å². The molecular formula is C26H23N5. The lowest BCUT2D eigenvalue weighted by molar-refractivity contribution is 0.774. The quantitative estimate of drug-likeness (QED) is 0.420. The normalized spacial score (nSPS) is 11.8. The van der Waals surface area contributed by atoms with E-state index in [4.69, 9.17) is 15.0 Å². The number of imidazole rings is 1. The van der Waals surface area contributed by atoms with Crippen LogP contribution in [0.3, 0.4) is 0 Å². The lowest BCUT2D eigenvalue weighted by atomic mass is 10.2. The first-order valence-corrected chi connectivity index (χ1v) is 10.4. The molecular weight excluding hydrogens is 382 g/mol. The molecule has 0 amide bonds. The largest absolute Gasteiger partial charge is 0.322 e. The predicted octanol–water partition coefficient (Wildman–Crippen LogP) is 4.43. The van der Waals surface area contributed by atoms with Gasteiger partial charge in [0.1, 0.15) is 5.52 Å². The Balaban J connectivity index is 1.60. The van der Waals surface area contributed by atoms with Crippen LogP contribution >= 0.6 is 0 Å². The molecule has 0 aliphatic heterocycles. The fourth-order valence-electron chi connectivity index (χ4n) is 3.71. The van der Waals surface area contributed by atoms with Crippen molar-refractivity contribution in [1.82, 2.24) is 19.1 Å². The van der Waals surface area contributed by atoms with Gasteiger partial charge in [-0.3, -0.25) is 4.99 Å². The second-order valence-corrected chi connectivity index (χ2v) is 7.51. The van der Waals surface area contributed by atoms with E-state index in [9.17, 15) is 0 Å². The lowest BCUT2D eigenvalue weighted by Gasteiger charge is -2.09. The van der Waals surface area contributed by atoms with E-state index in [2.05, 4.69) is 69.8 Å². The third-order valence-electron chi connectivity index (χ3n) is 5.27. The minimum atomic E-state index is 0.585. The summed E-state index contributed by atoms with van der Waals surface area (Å²) in [5.41, 5.74) is 6.15. The van der Waals surface area contributed by atoms with Gasteiger partial charge < -0.3 is 9.13 Å². The maximum absolute atomic E-state index is 4.84. The third kappa shape index (κ3) is 4.31. The van der Waals surface area contributed by atoms with Crippen LogP contribution in [0.15, 0.2) is 109 Å². The summed E-state index contributed by atoms with van der Waals surface area (Å²) < 4.78 is 4.23. The molecule has 0 atom stereocenters. The highest BCUT2D eigenvalue weighted by Gasteiger charge is 2.11. The molecule has 2 heterocycles. The SMILES string of the molecule is c1ccc(CN=c2ncn(Cc3ccccc3)c3ncn(Cc4ccccc4)c23)cc1. The topological polar surface area (TPSA) is 48.0 Å². The molecule has 0 unspecified atom stereocenters. The van der Waals surface area contributed by atoms with Crippen molar-refractivity contribution in [1.29, 1.82) is 0 Å². The number of benzene rings is 3. The van der Waals surface area contributed by atoms with Gasteiger partial charge in [0.2, 0.25) is 0 Å². The van der Waals surface area contributed by atoms with Crippen molar-refractivity contribution in [3.8, 4) is 0 Å². The van der Waals surface area contributed by atoms with Crippen LogP contribution in [-0.2, 0) is 19.6 Å². The van der Waals surface area contributed by atoms with E-state index in [1.54, 1.807) is 0 Å². The minimum Gasteiger partial charge on any atom is -0.322 e. The smallest absolute Gasteiger partial charge is 0.177 e. The van der Waals surface area contributed by atoms with Gasteiger partial charge in [-0.25, -0.2) is 9.97 Å². The van der Waals surface area contributed by atoms with Gasteiger partial charge in [-0.1, -0.05) is 91.0 Å². The Kier molecular flexibility index (Phi) is 5.39. The fourth-order valence-corrected chi connectivity index (χ4v) is 3.71. The molecule has 5 heteroatoms. The average molecular weight is 406 g/mol. The van der Waals surface area contributed by atoms with Gasteiger partial charge >= 0.3 is 0 Å². The number of rotatable bonds is 6. The number of hydrogen-bond donors (Lipinski definition) is 0. The molecule has 0 radical (unpaired) electrons. The molecule has 5 nitrogen and oxygen atoms in total. The highest BCUT2D eigenvalue weighted by Crippen LogP contribution is 2.13. The summed E-state index contributed by atoms with van der Waals surface area (Å²) in [4.78, 5) is 14.3. The van der Waals surface area contributed by atoms with Crippen LogP contribution in [0.2, 0.25) is 0 Å². The molecule has 5 rings (SSSR count). The Labute approximate surface area is 181 Å². The van der Waals surface area contributed by atoms with E-state index in [0.29, 0.717) is 13.1 Å². The van der Waals surface area contributed by atoms with Crippen LogP contribution < -0.4 is 5.49 Å². The molecule has 0 saturated carbocycles. The Morgan fingerprint density at radius 3 is 1.71 bits per heavy atom. The fraction of sp³-hybridized carbons (Fsp3) is 0.115. The first-order valence-electron chi connectivity index (χ1n) is 10.4. The minimum absolute atomic E-state index is 0.585. The molecule has 31 heavy (non-hydrogen) atoms. The molecule has 0 fully saturated rings. The van der Waals surface area contributed by atoms with Crippen molar-refractivity contribution in [3.63, 3.8) is 0 Å². The van der Waals surface area contributed by atoms with Crippen LogP contribution in [0.1, 0.15) is 16.7 Å². The van der Waals surface area contributed by atoms with Gasteiger partial charge in [0.25, 0.3) is 0 Å². The van der Waals surface area contributed by atoms with Crippen molar-refractivity contribution in [2.75, 3.05) is 0 Å². The molecule has 0 aliphatic carbocycles. The highest BCUT2D eigenvalue weighted by atomic mass is 15.2. The Morgan fingerprint density at radius 2 is 1.10 bits per heavy atom. The maximum atomic E-state index is 4.84. The van der Waals surface area contributed by atoms with Crippen molar-refractivity contribution < 1.29 is 0 Å². The van der Waals surface area contributed by atoms with E-state index in [1.807, 2.05) is 43.0 Å². The van der Waals surface area contributed by atoms with Gasteiger partial charge in [0, 0.05) is 6.54 Å². The Bertz CT molecular complexity index is 1340. The lowest BCUT2D eigenvalue weighted by Crippen LogP contribution is -2.18. The number of nitrogens with zero attached hydrogens (tertiary/aromatic N) is 5. The first kappa shape index (κ1) is 19.0. The van der Waals surface area contributed by atoms with E-state index in [-0.39, 0.29) is 0 Å². The van der Waals surface area contributed by atoms with Crippen LogP contribution in [0.4, 0.5) is 0 Å². The summed E-state index contributed by atoms with van der Waals surface area (Å²) in [5, 5.41) is 0. The van der Waals surface area contributed by atoms with Crippen molar-refractivity contribution in [2.45, 2.75) is 19.6 Å². The zero-order chi connectivity index (χ0) is 20.9. The van der Waals surface area contributed by atoms with E-state index in [1.165, 1.54) is 11.1 Å². The highest BCUT2D eigenvalue weighted by molar-refractivity contribution is 5.70. The maximum Gasteiger partial charge on any atom is 0.177 e. The van der Waals surface area contributed by atoms with Crippen molar-refractivity contribution >= 4 is 11.2 Å². The Hall–Kier alpha value is -3.99. The van der Waals surface area contributed by atoms with Crippen molar-refractivity contribution in [2.24, 2.45) is 4.99 Å². The molecule has 0 bridgehead atoms. The van der Waals surface area contributed by atoms with Gasteiger partial charge in [-0.15, -0.1) is 0 Å². The summed E-state index contributed by atoms with van der Waals surface area (Å²) in [5.74, 6) is 0. The summed E-state index contributed by atoms with van der Waals surface area (Å²) in [7, 11) is 0. The standard InChI is InChI=1S/C26H23N5/c1-4-10-21(11-5-1)16-27-25-24-26(29-20-30(24)17-22-12-6-2-7-13-22)31(19-28-25)18-23-14-8-3-9-15-23/h1-15,19-20H,16-18H2. The van der Waals surface area contributed by atoms with Crippen LogP contribution in [0.25, 0.3) is 11.2 Å². The summed E-state index contributed by atoms with van der Waals surface area (Å²) in [6, 6.07) is 31.0. The molecule has 2 aromatic heterocycles. The van der Waals surface area contributed by atoms with Gasteiger partial charge in [-0.05, 0) is 16.7 Å². The van der Waals surface area contributed by atoms with Gasteiger partial charge in [0.15, 0.2) is 11.1 Å². The van der Waals surface area contributed by atoms with E-state index in [0.717, 1.165) is 28.8 Å². The summed E-state index contributed by atoms with van der Waals surface area (Å²) in [6.07, 6.45) is 3.74.